The van der Waals surface area contributed by atoms with E-state index in [1.54, 1.807) is 48.7 Å². The van der Waals surface area contributed by atoms with Gasteiger partial charge in [0.2, 0.25) is 9.84 Å². The number of fused-ring (bicyclic) bond motifs is 1. The summed E-state index contributed by atoms with van der Waals surface area (Å²) in [5.41, 5.74) is 3.53. The number of rotatable bonds is 4. The highest BCUT2D eigenvalue weighted by Crippen LogP contribution is 2.32. The molecule has 0 amide bonds. The summed E-state index contributed by atoms with van der Waals surface area (Å²) in [5.74, 6) is 0. The van der Waals surface area contributed by atoms with Crippen molar-refractivity contribution in [1.82, 2.24) is 9.97 Å². The van der Waals surface area contributed by atoms with Crippen molar-refractivity contribution < 1.29 is 8.42 Å². The minimum atomic E-state index is -3.61. The van der Waals surface area contributed by atoms with Gasteiger partial charge in [-0.05, 0) is 42.3 Å². The lowest BCUT2D eigenvalue weighted by atomic mass is 10.0. The zero-order chi connectivity index (χ0) is 19.0. The van der Waals surface area contributed by atoms with Crippen LogP contribution in [0, 0.1) is 6.92 Å². The Kier molecular flexibility index (Phi) is 4.50. The first-order valence-electron chi connectivity index (χ1n) is 8.48. The predicted molar refractivity (Wildman–Crippen MR) is 107 cm³/mol. The van der Waals surface area contributed by atoms with Crippen molar-refractivity contribution in [2.75, 3.05) is 0 Å². The lowest BCUT2D eigenvalue weighted by Gasteiger charge is -2.11. The molecule has 0 bridgehead atoms. The van der Waals surface area contributed by atoms with Gasteiger partial charge in [-0.1, -0.05) is 48.0 Å². The van der Waals surface area contributed by atoms with Crippen LogP contribution in [0.2, 0.25) is 5.15 Å². The molecule has 0 aliphatic rings. The summed E-state index contributed by atoms with van der Waals surface area (Å²) < 4.78 is 26.3. The number of aromatic nitrogens is 2. The molecule has 4 rings (SSSR count). The Morgan fingerprint density at radius 3 is 2.48 bits per heavy atom. The van der Waals surface area contributed by atoms with Crippen LogP contribution in [0.15, 0.2) is 76.7 Å². The van der Waals surface area contributed by atoms with E-state index in [9.17, 15) is 8.42 Å². The molecular weight excluding hydrogens is 380 g/mol. The van der Waals surface area contributed by atoms with Gasteiger partial charge in [-0.2, -0.15) is 0 Å². The number of H-pyrrole nitrogens is 1. The molecule has 4 nitrogen and oxygen atoms in total. The third-order valence-electron chi connectivity index (χ3n) is 4.66. The number of hydrogen-bond donors (Lipinski definition) is 1. The van der Waals surface area contributed by atoms with Crippen molar-refractivity contribution in [3.05, 3.63) is 88.8 Å². The van der Waals surface area contributed by atoms with Crippen LogP contribution in [0.4, 0.5) is 0 Å². The normalized spacial score (nSPS) is 11.8. The summed E-state index contributed by atoms with van der Waals surface area (Å²) in [4.78, 5) is 8.07. The number of nitrogens with zero attached hydrogens (tertiary/aromatic N) is 1. The third-order valence-corrected chi connectivity index (χ3v) is 6.82. The molecule has 0 spiro atoms. The highest BCUT2D eigenvalue weighted by molar-refractivity contribution is 7.91. The zero-order valence-corrected chi connectivity index (χ0v) is 16.2. The zero-order valence-electron chi connectivity index (χ0n) is 14.6. The third kappa shape index (κ3) is 3.13. The molecule has 136 valence electrons. The number of nitrogens with one attached hydrogen (secondary N) is 1. The van der Waals surface area contributed by atoms with E-state index in [-0.39, 0.29) is 4.90 Å². The van der Waals surface area contributed by atoms with E-state index in [4.69, 9.17) is 11.6 Å². The van der Waals surface area contributed by atoms with E-state index in [0.29, 0.717) is 16.5 Å². The highest BCUT2D eigenvalue weighted by atomic mass is 35.5. The molecule has 0 radical (unpaired) electrons. The first-order chi connectivity index (χ1) is 13.0. The van der Waals surface area contributed by atoms with Crippen molar-refractivity contribution in [1.29, 1.82) is 0 Å². The second-order valence-corrected chi connectivity index (χ2v) is 8.63. The first kappa shape index (κ1) is 17.8. The Morgan fingerprint density at radius 2 is 1.70 bits per heavy atom. The molecule has 0 aliphatic heterocycles. The molecule has 0 atom stereocenters. The van der Waals surface area contributed by atoms with Gasteiger partial charge in [0.05, 0.1) is 15.3 Å². The summed E-state index contributed by atoms with van der Waals surface area (Å²) in [6, 6.07) is 17.4. The van der Waals surface area contributed by atoms with E-state index in [0.717, 1.165) is 27.7 Å². The molecule has 2 aromatic carbocycles. The lowest BCUT2D eigenvalue weighted by Crippen LogP contribution is -2.06. The summed E-state index contributed by atoms with van der Waals surface area (Å²) >= 11 is 6.32. The van der Waals surface area contributed by atoms with Gasteiger partial charge in [-0.15, -0.1) is 0 Å². The highest BCUT2D eigenvalue weighted by Gasteiger charge is 2.22. The van der Waals surface area contributed by atoms with Gasteiger partial charge in [0.25, 0.3) is 0 Å². The maximum atomic E-state index is 13.2. The monoisotopic (exact) mass is 396 g/mol. The molecule has 0 saturated carbocycles. The Bertz CT molecular complexity index is 1230. The molecule has 2 aromatic heterocycles. The van der Waals surface area contributed by atoms with Gasteiger partial charge in [-0.3, -0.25) is 0 Å². The van der Waals surface area contributed by atoms with Gasteiger partial charge in [0.1, 0.15) is 5.15 Å². The quantitative estimate of drug-likeness (QED) is 0.496. The van der Waals surface area contributed by atoms with Crippen molar-refractivity contribution in [3.8, 4) is 0 Å². The molecule has 0 unspecified atom stereocenters. The molecular formula is C21H17ClN2O2S. The summed E-state index contributed by atoms with van der Waals surface area (Å²) in [6.07, 6.45) is 2.09. The molecule has 0 aliphatic carbocycles. The standard InChI is InChI=1S/C21H17ClN2O2S/c1-14-17(20-18(24-14)11-12-23-21(20)22)13-15-7-5-6-10-19(15)27(25,26)16-8-3-2-4-9-16/h2-12,24H,13H2,1H3. The van der Waals surface area contributed by atoms with E-state index >= 15 is 0 Å². The van der Waals surface area contributed by atoms with Gasteiger partial charge in [-0.25, -0.2) is 13.4 Å². The molecule has 6 heteroatoms. The van der Waals surface area contributed by atoms with Gasteiger partial charge in [0.15, 0.2) is 0 Å². The van der Waals surface area contributed by atoms with Crippen LogP contribution in [-0.2, 0) is 16.3 Å². The molecule has 2 heterocycles. The van der Waals surface area contributed by atoms with E-state index in [2.05, 4.69) is 9.97 Å². The fourth-order valence-electron chi connectivity index (χ4n) is 3.34. The number of aryl methyl sites for hydroxylation is 1. The van der Waals surface area contributed by atoms with Crippen molar-refractivity contribution >= 4 is 32.3 Å². The second kappa shape index (κ2) is 6.83. The van der Waals surface area contributed by atoms with Crippen molar-refractivity contribution in [2.45, 2.75) is 23.1 Å². The lowest BCUT2D eigenvalue weighted by molar-refractivity contribution is 0.595. The van der Waals surface area contributed by atoms with Crippen molar-refractivity contribution in [3.63, 3.8) is 0 Å². The SMILES string of the molecule is Cc1[nH]c2ccnc(Cl)c2c1Cc1ccccc1S(=O)(=O)c1ccccc1. The van der Waals surface area contributed by atoms with E-state index in [1.165, 1.54) is 0 Å². The largest absolute Gasteiger partial charge is 0.358 e. The average molecular weight is 397 g/mol. The Labute approximate surface area is 162 Å². The minimum absolute atomic E-state index is 0.285. The van der Waals surface area contributed by atoms with E-state index in [1.807, 2.05) is 25.1 Å². The number of aromatic amines is 1. The second-order valence-electron chi connectivity index (χ2n) is 6.35. The van der Waals surface area contributed by atoms with Crippen LogP contribution in [0.3, 0.4) is 0 Å². The fraction of sp³-hybridized carbons (Fsp3) is 0.0952. The van der Waals surface area contributed by atoms with Gasteiger partial charge >= 0.3 is 0 Å². The molecule has 0 fully saturated rings. The molecule has 1 N–H and O–H groups in total. The molecule has 0 saturated heterocycles. The van der Waals surface area contributed by atoms with E-state index < -0.39 is 9.84 Å². The smallest absolute Gasteiger partial charge is 0.206 e. The number of benzene rings is 2. The molecule has 27 heavy (non-hydrogen) atoms. The summed E-state index contributed by atoms with van der Waals surface area (Å²) in [6.45, 7) is 1.96. The topological polar surface area (TPSA) is 62.8 Å². The molecule has 4 aromatic rings. The summed E-state index contributed by atoms with van der Waals surface area (Å²) in [5, 5.41) is 1.25. The van der Waals surface area contributed by atoms with Crippen LogP contribution in [0.1, 0.15) is 16.8 Å². The Balaban J connectivity index is 1.86. The number of halogens is 1. The van der Waals surface area contributed by atoms with Gasteiger partial charge in [0, 0.05) is 23.7 Å². The van der Waals surface area contributed by atoms with Crippen LogP contribution >= 0.6 is 11.6 Å². The average Bonchev–Trinajstić information content (AvgIpc) is 2.99. The van der Waals surface area contributed by atoms with Crippen LogP contribution in [-0.4, -0.2) is 18.4 Å². The number of hydrogen-bond acceptors (Lipinski definition) is 3. The Hall–Kier alpha value is -2.63. The maximum Gasteiger partial charge on any atom is 0.206 e. The van der Waals surface area contributed by atoms with Crippen LogP contribution < -0.4 is 0 Å². The van der Waals surface area contributed by atoms with Crippen molar-refractivity contribution in [2.24, 2.45) is 0 Å². The maximum absolute atomic E-state index is 13.2. The van der Waals surface area contributed by atoms with Crippen LogP contribution in [0.25, 0.3) is 10.9 Å². The number of pyridine rings is 1. The fourth-order valence-corrected chi connectivity index (χ4v) is 5.13. The summed E-state index contributed by atoms with van der Waals surface area (Å²) in [7, 11) is -3.61. The van der Waals surface area contributed by atoms with Crippen LogP contribution in [0.5, 0.6) is 0 Å². The van der Waals surface area contributed by atoms with Gasteiger partial charge < -0.3 is 4.98 Å². The first-order valence-corrected chi connectivity index (χ1v) is 10.3. The predicted octanol–water partition coefficient (Wildman–Crippen LogP) is 4.95. The minimum Gasteiger partial charge on any atom is -0.358 e. The Morgan fingerprint density at radius 1 is 1.00 bits per heavy atom. The number of sulfone groups is 1.